The smallest absolute Gasteiger partial charge is 0.0991 e. The van der Waals surface area contributed by atoms with Crippen molar-refractivity contribution in [2.75, 3.05) is 5.32 Å². The van der Waals surface area contributed by atoms with Gasteiger partial charge in [-0.1, -0.05) is 36.6 Å². The van der Waals surface area contributed by atoms with Crippen molar-refractivity contribution in [3.05, 3.63) is 64.7 Å². The van der Waals surface area contributed by atoms with Crippen molar-refractivity contribution in [2.24, 2.45) is 5.92 Å². The lowest BCUT2D eigenvalue weighted by molar-refractivity contribution is 0.148. The van der Waals surface area contributed by atoms with Crippen LogP contribution in [0.15, 0.2) is 48.5 Å². The van der Waals surface area contributed by atoms with Crippen LogP contribution in [0.3, 0.4) is 0 Å². The molecule has 2 unspecified atom stereocenters. The Morgan fingerprint density at radius 1 is 1.22 bits per heavy atom. The van der Waals surface area contributed by atoms with Crippen molar-refractivity contribution < 1.29 is 5.11 Å². The first-order chi connectivity index (χ1) is 11.2. The van der Waals surface area contributed by atoms with Crippen LogP contribution in [-0.4, -0.2) is 11.1 Å². The molecule has 1 aliphatic carbocycles. The molecule has 2 aromatic carbocycles. The van der Waals surface area contributed by atoms with Gasteiger partial charge < -0.3 is 10.4 Å². The molecule has 1 saturated carbocycles. The van der Waals surface area contributed by atoms with Crippen molar-refractivity contribution >= 4 is 17.3 Å². The number of aliphatic hydroxyl groups excluding tert-OH is 1. The number of nitrogens with zero attached hydrogens (tertiary/aromatic N) is 1. The van der Waals surface area contributed by atoms with Crippen LogP contribution in [0.4, 0.5) is 5.69 Å². The van der Waals surface area contributed by atoms with E-state index in [2.05, 4.69) is 11.4 Å². The quantitative estimate of drug-likeness (QED) is 0.820. The van der Waals surface area contributed by atoms with E-state index in [0.717, 1.165) is 17.7 Å². The first kappa shape index (κ1) is 15.9. The zero-order chi connectivity index (χ0) is 16.2. The fourth-order valence-corrected chi connectivity index (χ4v) is 2.89. The minimum absolute atomic E-state index is 0.0855. The van der Waals surface area contributed by atoms with Crippen molar-refractivity contribution in [1.82, 2.24) is 0 Å². The molecule has 0 saturated heterocycles. The summed E-state index contributed by atoms with van der Waals surface area (Å²) in [6.07, 6.45) is 2.72. The molecule has 0 aliphatic heterocycles. The van der Waals surface area contributed by atoms with Crippen LogP contribution >= 0.6 is 11.6 Å². The topological polar surface area (TPSA) is 56.0 Å². The lowest BCUT2D eigenvalue weighted by Gasteiger charge is -2.26. The molecule has 0 spiro atoms. The Morgan fingerprint density at radius 3 is 2.61 bits per heavy atom. The average Bonchev–Trinajstić information content (AvgIpc) is 3.39. The number of nitrogens with one attached hydrogen (secondary N) is 1. The molecule has 1 aliphatic rings. The highest BCUT2D eigenvalue weighted by atomic mass is 35.5. The van der Waals surface area contributed by atoms with E-state index in [1.54, 1.807) is 12.1 Å². The van der Waals surface area contributed by atoms with E-state index in [0.29, 0.717) is 16.5 Å². The maximum Gasteiger partial charge on any atom is 0.0991 e. The normalized spacial score (nSPS) is 16.4. The summed E-state index contributed by atoms with van der Waals surface area (Å²) in [5.41, 5.74) is 2.28. The van der Waals surface area contributed by atoms with Gasteiger partial charge in [0.25, 0.3) is 0 Å². The summed E-state index contributed by atoms with van der Waals surface area (Å²) >= 11 is 5.93. The van der Waals surface area contributed by atoms with Crippen molar-refractivity contribution in [3.8, 4) is 6.07 Å². The molecule has 2 N–H and O–H groups in total. The third-order valence-corrected chi connectivity index (χ3v) is 4.47. The summed E-state index contributed by atoms with van der Waals surface area (Å²) < 4.78 is 0. The van der Waals surface area contributed by atoms with E-state index >= 15 is 0 Å². The van der Waals surface area contributed by atoms with E-state index in [9.17, 15) is 5.11 Å². The molecule has 0 amide bonds. The molecule has 4 heteroatoms. The second-order valence-corrected chi connectivity index (χ2v) is 6.56. The van der Waals surface area contributed by atoms with Gasteiger partial charge in [0.2, 0.25) is 0 Å². The van der Waals surface area contributed by atoms with E-state index < -0.39 is 6.10 Å². The standard InChI is InChI=1S/C19H19ClN2O/c20-16-6-8-17(9-7-16)22-18(11-13-4-5-13)19(23)15-3-1-2-14(10-15)12-21/h1-3,6-10,13,18-19,22-23H,4-5,11H2. The van der Waals surface area contributed by atoms with Crippen LogP contribution in [0.1, 0.15) is 36.5 Å². The lowest BCUT2D eigenvalue weighted by Crippen LogP contribution is -2.28. The molecule has 23 heavy (non-hydrogen) atoms. The highest BCUT2D eigenvalue weighted by molar-refractivity contribution is 6.30. The summed E-state index contributed by atoms with van der Waals surface area (Å²) in [4.78, 5) is 0. The monoisotopic (exact) mass is 326 g/mol. The molecule has 3 nitrogen and oxygen atoms in total. The van der Waals surface area contributed by atoms with Crippen LogP contribution in [-0.2, 0) is 0 Å². The molecule has 0 radical (unpaired) electrons. The maximum atomic E-state index is 10.8. The third kappa shape index (κ3) is 4.25. The molecular formula is C19H19ClN2O. The number of halogens is 1. The van der Waals surface area contributed by atoms with Crippen LogP contribution in [0.25, 0.3) is 0 Å². The maximum absolute atomic E-state index is 10.8. The molecule has 0 bridgehead atoms. The molecule has 0 heterocycles. The van der Waals surface area contributed by atoms with E-state index in [4.69, 9.17) is 16.9 Å². The fourth-order valence-electron chi connectivity index (χ4n) is 2.76. The molecule has 118 valence electrons. The van der Waals surface area contributed by atoms with E-state index in [1.165, 1.54) is 12.8 Å². The van der Waals surface area contributed by atoms with Gasteiger partial charge in [0, 0.05) is 10.7 Å². The van der Waals surface area contributed by atoms with Crippen molar-refractivity contribution in [1.29, 1.82) is 5.26 Å². The van der Waals surface area contributed by atoms with Gasteiger partial charge in [-0.3, -0.25) is 0 Å². The Kier molecular flexibility index (Phi) is 4.85. The number of rotatable bonds is 6. The lowest BCUT2D eigenvalue weighted by atomic mass is 9.96. The Hall–Kier alpha value is -2.02. The predicted octanol–water partition coefficient (Wildman–Crippen LogP) is 4.53. The number of hydrogen-bond acceptors (Lipinski definition) is 3. The highest BCUT2D eigenvalue weighted by Crippen LogP contribution is 2.37. The molecule has 1 fully saturated rings. The van der Waals surface area contributed by atoms with Crippen molar-refractivity contribution in [2.45, 2.75) is 31.4 Å². The average molecular weight is 327 g/mol. The van der Waals surface area contributed by atoms with Crippen LogP contribution in [0, 0.1) is 17.2 Å². The van der Waals surface area contributed by atoms with Gasteiger partial charge in [-0.05, 0) is 54.3 Å². The Bertz CT molecular complexity index is 704. The minimum atomic E-state index is -0.653. The van der Waals surface area contributed by atoms with Gasteiger partial charge in [0.15, 0.2) is 0 Å². The molecule has 2 atom stereocenters. The van der Waals surface area contributed by atoms with Crippen LogP contribution in [0.5, 0.6) is 0 Å². The van der Waals surface area contributed by atoms with E-state index in [-0.39, 0.29) is 6.04 Å². The van der Waals surface area contributed by atoms with Gasteiger partial charge in [-0.25, -0.2) is 0 Å². The van der Waals surface area contributed by atoms with Crippen LogP contribution < -0.4 is 5.32 Å². The molecular weight excluding hydrogens is 308 g/mol. The third-order valence-electron chi connectivity index (χ3n) is 4.22. The SMILES string of the molecule is N#Cc1cccc(C(O)C(CC2CC2)Nc2ccc(Cl)cc2)c1. The zero-order valence-corrected chi connectivity index (χ0v) is 13.5. The van der Waals surface area contributed by atoms with Crippen LogP contribution in [0.2, 0.25) is 5.02 Å². The van der Waals surface area contributed by atoms with Gasteiger partial charge in [0.05, 0.1) is 23.8 Å². The van der Waals surface area contributed by atoms with E-state index in [1.807, 2.05) is 36.4 Å². The summed E-state index contributed by atoms with van der Waals surface area (Å²) in [7, 11) is 0. The highest BCUT2D eigenvalue weighted by Gasteiger charge is 2.30. The number of anilines is 1. The summed E-state index contributed by atoms with van der Waals surface area (Å²) in [6.45, 7) is 0. The second-order valence-electron chi connectivity index (χ2n) is 6.12. The molecule has 0 aromatic heterocycles. The minimum Gasteiger partial charge on any atom is -0.386 e. The largest absolute Gasteiger partial charge is 0.386 e. The summed E-state index contributed by atoms with van der Waals surface area (Å²) in [5.74, 6) is 0.675. The first-order valence-corrected chi connectivity index (χ1v) is 8.24. The van der Waals surface area contributed by atoms with Gasteiger partial charge in [0.1, 0.15) is 0 Å². The Morgan fingerprint density at radius 2 is 1.96 bits per heavy atom. The number of hydrogen-bond donors (Lipinski definition) is 2. The summed E-state index contributed by atoms with van der Waals surface area (Å²) in [6, 6.07) is 16.7. The number of aliphatic hydroxyl groups is 1. The fraction of sp³-hybridized carbons (Fsp3) is 0.316. The van der Waals surface area contributed by atoms with Gasteiger partial charge in [-0.2, -0.15) is 5.26 Å². The van der Waals surface area contributed by atoms with Gasteiger partial charge >= 0.3 is 0 Å². The van der Waals surface area contributed by atoms with Crippen molar-refractivity contribution in [3.63, 3.8) is 0 Å². The molecule has 2 aromatic rings. The first-order valence-electron chi connectivity index (χ1n) is 7.86. The predicted molar refractivity (Wildman–Crippen MR) is 92.3 cm³/mol. The Labute approximate surface area is 141 Å². The Balaban J connectivity index is 1.79. The molecule has 3 rings (SSSR count). The second kappa shape index (κ2) is 7.04. The number of nitriles is 1. The van der Waals surface area contributed by atoms with Gasteiger partial charge in [-0.15, -0.1) is 0 Å². The zero-order valence-electron chi connectivity index (χ0n) is 12.7. The summed E-state index contributed by atoms with van der Waals surface area (Å²) in [5, 5.41) is 23.9. The number of benzene rings is 2.